The number of hydrogen-bond donors (Lipinski definition) is 0. The lowest BCUT2D eigenvalue weighted by Crippen LogP contribution is -2.49. The minimum Gasteiger partial charge on any atom is -0.412 e. The van der Waals surface area contributed by atoms with Crippen molar-refractivity contribution in [1.29, 1.82) is 0 Å². The zero-order valence-electron chi connectivity index (χ0n) is 9.90. The molecule has 0 radical (unpaired) electrons. The van der Waals surface area contributed by atoms with Gasteiger partial charge in [-0.1, -0.05) is 35.5 Å². The summed E-state index contributed by atoms with van der Waals surface area (Å²) in [5, 5.41) is 3.40. The fourth-order valence-electron chi connectivity index (χ4n) is 1.70. The SMILES string of the molecule is CC(=O)OC1(C(F)(F)F)CC(c2ccccc2)=NO1. The van der Waals surface area contributed by atoms with E-state index in [2.05, 4.69) is 14.7 Å². The highest BCUT2D eigenvalue weighted by atomic mass is 19.4. The number of alkyl halides is 3. The zero-order chi connectivity index (χ0) is 14.1. The van der Waals surface area contributed by atoms with Crippen LogP contribution < -0.4 is 0 Å². The van der Waals surface area contributed by atoms with Gasteiger partial charge in [-0.25, -0.2) is 0 Å². The van der Waals surface area contributed by atoms with Crippen LogP contribution in [0.3, 0.4) is 0 Å². The van der Waals surface area contributed by atoms with Gasteiger partial charge in [0.15, 0.2) is 0 Å². The molecule has 1 aliphatic rings. The minimum absolute atomic E-state index is 0.0826. The second kappa shape index (κ2) is 4.56. The average Bonchev–Trinajstić information content (AvgIpc) is 2.74. The molecule has 0 saturated heterocycles. The molecule has 2 rings (SSSR count). The number of benzene rings is 1. The van der Waals surface area contributed by atoms with Crippen LogP contribution >= 0.6 is 0 Å². The number of carbonyl (C=O) groups excluding carboxylic acids is 1. The third-order valence-electron chi connectivity index (χ3n) is 2.55. The Morgan fingerprint density at radius 2 is 2.00 bits per heavy atom. The molecule has 0 N–H and O–H groups in total. The van der Waals surface area contributed by atoms with Crippen LogP contribution in [0.4, 0.5) is 13.2 Å². The summed E-state index contributed by atoms with van der Waals surface area (Å²) < 4.78 is 43.3. The van der Waals surface area contributed by atoms with E-state index < -0.39 is 24.4 Å². The second-order valence-electron chi connectivity index (χ2n) is 4.02. The molecule has 0 amide bonds. The molecule has 1 unspecified atom stereocenters. The van der Waals surface area contributed by atoms with Crippen LogP contribution in [-0.2, 0) is 14.4 Å². The summed E-state index contributed by atoms with van der Waals surface area (Å²) in [7, 11) is 0. The van der Waals surface area contributed by atoms with Crippen molar-refractivity contribution >= 4 is 11.7 Å². The molecule has 7 heteroatoms. The predicted molar refractivity (Wildman–Crippen MR) is 59.2 cm³/mol. The minimum atomic E-state index is -4.86. The first-order valence-electron chi connectivity index (χ1n) is 5.41. The monoisotopic (exact) mass is 273 g/mol. The standard InChI is InChI=1S/C12H10F3NO3/c1-8(17)18-11(12(13,14)15)7-10(16-19-11)9-5-3-2-4-6-9/h2-6H,7H2,1H3. The van der Waals surface area contributed by atoms with E-state index in [-0.39, 0.29) is 5.71 Å². The Balaban J connectivity index is 2.26. The second-order valence-corrected chi connectivity index (χ2v) is 4.02. The van der Waals surface area contributed by atoms with E-state index in [0.29, 0.717) is 5.56 Å². The van der Waals surface area contributed by atoms with E-state index in [0.717, 1.165) is 6.92 Å². The number of oxime groups is 1. The van der Waals surface area contributed by atoms with Crippen LogP contribution in [0.5, 0.6) is 0 Å². The molecule has 0 spiro atoms. The van der Waals surface area contributed by atoms with E-state index in [1.165, 1.54) is 0 Å². The van der Waals surface area contributed by atoms with Gasteiger partial charge < -0.3 is 9.57 Å². The van der Waals surface area contributed by atoms with Gasteiger partial charge in [0.25, 0.3) is 0 Å². The van der Waals surface area contributed by atoms with Crippen LogP contribution in [-0.4, -0.2) is 23.6 Å². The molecule has 1 atom stereocenters. The van der Waals surface area contributed by atoms with Crippen molar-refractivity contribution in [3.8, 4) is 0 Å². The van der Waals surface area contributed by atoms with Gasteiger partial charge >= 0.3 is 17.9 Å². The third-order valence-corrected chi connectivity index (χ3v) is 2.55. The van der Waals surface area contributed by atoms with Crippen molar-refractivity contribution in [2.24, 2.45) is 5.16 Å². The highest BCUT2D eigenvalue weighted by Crippen LogP contribution is 2.42. The first-order valence-corrected chi connectivity index (χ1v) is 5.41. The van der Waals surface area contributed by atoms with Gasteiger partial charge in [0.05, 0.1) is 12.1 Å². The number of ether oxygens (including phenoxy) is 1. The quantitative estimate of drug-likeness (QED) is 0.778. The Morgan fingerprint density at radius 3 is 2.53 bits per heavy atom. The number of rotatable bonds is 2. The molecule has 19 heavy (non-hydrogen) atoms. The van der Waals surface area contributed by atoms with Gasteiger partial charge in [-0.05, 0) is 5.56 Å². The fraction of sp³-hybridized carbons (Fsp3) is 0.333. The van der Waals surface area contributed by atoms with Crippen molar-refractivity contribution in [3.63, 3.8) is 0 Å². The fourth-order valence-corrected chi connectivity index (χ4v) is 1.70. The molecule has 1 aromatic carbocycles. The first kappa shape index (κ1) is 13.4. The lowest BCUT2D eigenvalue weighted by molar-refractivity contribution is -0.357. The van der Waals surface area contributed by atoms with Crippen molar-refractivity contribution in [1.82, 2.24) is 0 Å². The number of nitrogens with zero attached hydrogens (tertiary/aromatic N) is 1. The molecule has 0 bridgehead atoms. The third kappa shape index (κ3) is 2.54. The number of halogens is 3. The zero-order valence-corrected chi connectivity index (χ0v) is 9.90. The van der Waals surface area contributed by atoms with Gasteiger partial charge in [0, 0.05) is 6.92 Å². The smallest absolute Gasteiger partial charge is 0.412 e. The molecule has 102 valence electrons. The molecule has 1 heterocycles. The summed E-state index contributed by atoms with van der Waals surface area (Å²) in [6.07, 6.45) is -5.53. The van der Waals surface area contributed by atoms with Gasteiger partial charge in [-0.2, -0.15) is 13.2 Å². The molecule has 1 aliphatic heterocycles. The van der Waals surface area contributed by atoms with Crippen LogP contribution in [0.1, 0.15) is 18.9 Å². The topological polar surface area (TPSA) is 47.9 Å². The maximum absolute atomic E-state index is 13.0. The van der Waals surface area contributed by atoms with Crippen LogP contribution in [0.25, 0.3) is 0 Å². The van der Waals surface area contributed by atoms with Crippen LogP contribution in [0, 0.1) is 0 Å². The molecular formula is C12H10F3NO3. The summed E-state index contributed by atoms with van der Waals surface area (Å²) in [6, 6.07) is 8.25. The average molecular weight is 273 g/mol. The maximum Gasteiger partial charge on any atom is 0.470 e. The highest BCUT2D eigenvalue weighted by Gasteiger charge is 2.64. The van der Waals surface area contributed by atoms with Crippen molar-refractivity contribution < 1.29 is 27.5 Å². The Kier molecular flexibility index (Phi) is 3.21. The van der Waals surface area contributed by atoms with E-state index in [1.807, 2.05) is 0 Å². The molecule has 0 fully saturated rings. The number of carbonyl (C=O) groups is 1. The Hall–Kier alpha value is -2.05. The predicted octanol–water partition coefficient (Wildman–Crippen LogP) is 2.63. The largest absolute Gasteiger partial charge is 0.470 e. The highest BCUT2D eigenvalue weighted by molar-refractivity contribution is 6.01. The number of hydrogen-bond acceptors (Lipinski definition) is 4. The van der Waals surface area contributed by atoms with Crippen molar-refractivity contribution in [3.05, 3.63) is 35.9 Å². The van der Waals surface area contributed by atoms with Gasteiger partial charge in [0.1, 0.15) is 0 Å². The molecule has 1 aromatic rings. The Labute approximate surface area is 106 Å². The molecule has 0 saturated carbocycles. The molecule has 0 aliphatic carbocycles. The normalized spacial score (nSPS) is 22.6. The lowest BCUT2D eigenvalue weighted by atomic mass is 10.0. The summed E-state index contributed by atoms with van der Waals surface area (Å²) >= 11 is 0. The van der Waals surface area contributed by atoms with Crippen LogP contribution in [0.15, 0.2) is 35.5 Å². The van der Waals surface area contributed by atoms with E-state index in [1.54, 1.807) is 30.3 Å². The molecular weight excluding hydrogens is 263 g/mol. The van der Waals surface area contributed by atoms with Crippen molar-refractivity contribution in [2.45, 2.75) is 25.3 Å². The Bertz CT molecular complexity index is 513. The van der Waals surface area contributed by atoms with Gasteiger partial charge in [0.2, 0.25) is 0 Å². The van der Waals surface area contributed by atoms with E-state index in [9.17, 15) is 18.0 Å². The molecule has 4 nitrogen and oxygen atoms in total. The summed E-state index contributed by atoms with van der Waals surface area (Å²) in [4.78, 5) is 15.2. The molecule has 0 aromatic heterocycles. The van der Waals surface area contributed by atoms with E-state index >= 15 is 0 Å². The van der Waals surface area contributed by atoms with Gasteiger partial charge in [-0.15, -0.1) is 0 Å². The summed E-state index contributed by atoms with van der Waals surface area (Å²) in [5.41, 5.74) is 0.569. The van der Waals surface area contributed by atoms with Gasteiger partial charge in [-0.3, -0.25) is 4.79 Å². The first-order chi connectivity index (χ1) is 8.84. The van der Waals surface area contributed by atoms with Crippen LogP contribution in [0.2, 0.25) is 0 Å². The maximum atomic E-state index is 13.0. The van der Waals surface area contributed by atoms with Crippen molar-refractivity contribution in [2.75, 3.05) is 0 Å². The summed E-state index contributed by atoms with van der Waals surface area (Å²) in [5.74, 6) is -4.11. The van der Waals surface area contributed by atoms with E-state index in [4.69, 9.17) is 0 Å². The Morgan fingerprint density at radius 1 is 1.37 bits per heavy atom. The summed E-state index contributed by atoms with van der Waals surface area (Å²) in [6.45, 7) is 0.886. The number of esters is 1. The lowest BCUT2D eigenvalue weighted by Gasteiger charge is -2.27.